The Balaban J connectivity index is 1.23. The van der Waals surface area contributed by atoms with Crippen LogP contribution in [0.25, 0.3) is 28.0 Å². The Labute approximate surface area is 266 Å². The summed E-state index contributed by atoms with van der Waals surface area (Å²) in [6.45, 7) is 7.38. The van der Waals surface area contributed by atoms with E-state index in [-0.39, 0.29) is 17.0 Å². The number of carbonyl (C=O) groups excluding carboxylic acids is 1. The second-order valence-corrected chi connectivity index (χ2v) is 11.5. The maximum atomic E-state index is 15.6. The number of rotatable bonds is 11. The zero-order valence-corrected chi connectivity index (χ0v) is 26.2. The first-order valence-electron chi connectivity index (χ1n) is 15.6. The molecule has 1 saturated heterocycles. The summed E-state index contributed by atoms with van der Waals surface area (Å²) in [5.74, 6) is -1.07. The lowest BCUT2D eigenvalue weighted by Gasteiger charge is -2.23. The Morgan fingerprint density at radius 2 is 1.87 bits per heavy atom. The van der Waals surface area contributed by atoms with Gasteiger partial charge in [-0.25, -0.2) is 18.7 Å². The van der Waals surface area contributed by atoms with E-state index in [1.165, 1.54) is 6.20 Å². The summed E-state index contributed by atoms with van der Waals surface area (Å²) in [5.41, 5.74) is 4.43. The molecule has 46 heavy (non-hydrogen) atoms. The molecule has 12 heteroatoms. The molecule has 1 aliphatic rings. The number of anilines is 2. The van der Waals surface area contributed by atoms with Crippen molar-refractivity contribution in [3.05, 3.63) is 83.6 Å². The van der Waals surface area contributed by atoms with E-state index in [0.29, 0.717) is 66.0 Å². The van der Waals surface area contributed by atoms with E-state index in [2.05, 4.69) is 31.0 Å². The Kier molecular flexibility index (Phi) is 9.36. The van der Waals surface area contributed by atoms with Crippen molar-refractivity contribution in [3.63, 3.8) is 0 Å². The number of aryl methyl sites for hydroxylation is 2. The Bertz CT molecular complexity index is 1860. The molecule has 0 atom stereocenters. The summed E-state index contributed by atoms with van der Waals surface area (Å²) < 4.78 is 39.6. The van der Waals surface area contributed by atoms with E-state index < -0.39 is 11.6 Å². The molecule has 3 N–H and O–H groups in total. The van der Waals surface area contributed by atoms with Gasteiger partial charge in [0.05, 0.1) is 30.7 Å². The van der Waals surface area contributed by atoms with Crippen LogP contribution in [0.5, 0.6) is 0 Å². The monoisotopic (exact) mass is 628 g/mol. The molecular formula is C34H38F2N8O2. The molecule has 6 rings (SSSR count). The van der Waals surface area contributed by atoms with Crippen molar-refractivity contribution < 1.29 is 18.3 Å². The third-order valence-corrected chi connectivity index (χ3v) is 8.55. The van der Waals surface area contributed by atoms with Crippen molar-refractivity contribution in [3.8, 4) is 22.4 Å². The average Bonchev–Trinajstić information content (AvgIpc) is 3.68. The van der Waals surface area contributed by atoms with Crippen LogP contribution in [0.4, 0.5) is 20.3 Å². The van der Waals surface area contributed by atoms with Gasteiger partial charge in [-0.15, -0.1) is 0 Å². The lowest BCUT2D eigenvalue weighted by Crippen LogP contribution is -2.36. The summed E-state index contributed by atoms with van der Waals surface area (Å²) in [5, 5.41) is 14.2. The van der Waals surface area contributed by atoms with E-state index >= 15 is 8.78 Å². The van der Waals surface area contributed by atoms with E-state index in [0.717, 1.165) is 37.2 Å². The minimum absolute atomic E-state index is 0.0726. The van der Waals surface area contributed by atoms with Crippen LogP contribution in [-0.4, -0.2) is 63.4 Å². The molecule has 5 aromatic rings. The highest BCUT2D eigenvalue weighted by molar-refractivity contribution is 5.96. The van der Waals surface area contributed by atoms with Crippen molar-refractivity contribution in [2.24, 2.45) is 5.92 Å². The lowest BCUT2D eigenvalue weighted by atomic mass is 9.97. The zero-order valence-electron chi connectivity index (χ0n) is 26.2. The SMILES string of the molecule is CCc1cc(Nc2nccn3c(-c4ccc(-c5cn(CCOC)nc5C)c(F)c4F)cnc23)ccc1C(=O)NCC1CCNCC1. The third kappa shape index (κ3) is 6.35. The first kappa shape index (κ1) is 31.3. The van der Waals surface area contributed by atoms with Crippen LogP contribution in [0, 0.1) is 24.5 Å². The number of aromatic nitrogens is 5. The van der Waals surface area contributed by atoms with Crippen LogP contribution in [-0.2, 0) is 17.7 Å². The smallest absolute Gasteiger partial charge is 0.251 e. The molecule has 3 aromatic heterocycles. The fourth-order valence-corrected chi connectivity index (χ4v) is 5.98. The van der Waals surface area contributed by atoms with Gasteiger partial charge in [-0.1, -0.05) is 13.0 Å². The molecule has 10 nitrogen and oxygen atoms in total. The van der Waals surface area contributed by atoms with Crippen LogP contribution in [0.3, 0.4) is 0 Å². The van der Waals surface area contributed by atoms with Crippen molar-refractivity contribution in [1.29, 1.82) is 0 Å². The normalized spacial score (nSPS) is 13.8. The Morgan fingerprint density at radius 3 is 2.65 bits per heavy atom. The lowest BCUT2D eigenvalue weighted by molar-refractivity contribution is 0.0943. The number of nitrogens with one attached hydrogen (secondary N) is 3. The number of ether oxygens (including phenoxy) is 1. The van der Waals surface area contributed by atoms with Crippen LogP contribution < -0.4 is 16.0 Å². The van der Waals surface area contributed by atoms with Crippen LogP contribution in [0.2, 0.25) is 0 Å². The van der Waals surface area contributed by atoms with Gasteiger partial charge in [-0.05, 0) is 75.0 Å². The van der Waals surface area contributed by atoms with Crippen molar-refractivity contribution in [2.45, 2.75) is 39.7 Å². The molecule has 4 heterocycles. The van der Waals surface area contributed by atoms with Gasteiger partial charge in [0.25, 0.3) is 5.91 Å². The number of fused-ring (bicyclic) bond motifs is 1. The quantitative estimate of drug-likeness (QED) is 0.177. The predicted molar refractivity (Wildman–Crippen MR) is 173 cm³/mol. The maximum Gasteiger partial charge on any atom is 0.251 e. The first-order chi connectivity index (χ1) is 22.4. The second-order valence-electron chi connectivity index (χ2n) is 11.5. The van der Waals surface area contributed by atoms with Crippen molar-refractivity contribution in [2.75, 3.05) is 38.7 Å². The molecule has 2 aromatic carbocycles. The van der Waals surface area contributed by atoms with Crippen LogP contribution in [0.15, 0.2) is 55.1 Å². The van der Waals surface area contributed by atoms with Gasteiger partial charge >= 0.3 is 0 Å². The first-order valence-corrected chi connectivity index (χ1v) is 15.6. The molecular weight excluding hydrogens is 590 g/mol. The highest BCUT2D eigenvalue weighted by Gasteiger charge is 2.22. The second kappa shape index (κ2) is 13.8. The van der Waals surface area contributed by atoms with Crippen molar-refractivity contribution >= 4 is 23.1 Å². The summed E-state index contributed by atoms with van der Waals surface area (Å²) in [4.78, 5) is 22.0. The molecule has 0 unspecified atom stereocenters. The molecule has 0 bridgehead atoms. The maximum absolute atomic E-state index is 15.6. The van der Waals surface area contributed by atoms with Gasteiger partial charge < -0.3 is 20.7 Å². The number of halogens is 2. The summed E-state index contributed by atoms with van der Waals surface area (Å²) in [6.07, 6.45) is 9.23. The predicted octanol–water partition coefficient (Wildman–Crippen LogP) is 5.53. The zero-order chi connectivity index (χ0) is 32.2. The standard InChI is InChI=1S/C34H38F2N8O2/c1-4-23-17-24(5-6-25(23)34(45)40-18-22-9-11-37-12-10-22)41-32-33-39-19-29(44(33)14-13-38-32)27-8-7-26(30(35)31(27)36)28-20-43(15-16-46-3)42-21(28)2/h5-8,13-14,17,19-20,22,37H,4,9-12,15-16,18H2,1-3H3,(H,38,41)(H,40,45). The number of amides is 1. The molecule has 1 amide bonds. The minimum Gasteiger partial charge on any atom is -0.383 e. The van der Waals surface area contributed by atoms with Crippen LogP contribution >= 0.6 is 0 Å². The number of piperidine rings is 1. The number of carbonyl (C=O) groups is 1. The molecule has 1 aliphatic heterocycles. The highest BCUT2D eigenvalue weighted by atomic mass is 19.2. The fourth-order valence-electron chi connectivity index (χ4n) is 5.98. The topological polar surface area (TPSA) is 110 Å². The molecule has 0 aliphatic carbocycles. The number of methoxy groups -OCH3 is 1. The molecule has 0 radical (unpaired) electrons. The van der Waals surface area contributed by atoms with E-state index in [1.54, 1.807) is 53.8 Å². The number of hydrogen-bond acceptors (Lipinski definition) is 7. The van der Waals surface area contributed by atoms with Gasteiger partial charge in [-0.3, -0.25) is 13.9 Å². The van der Waals surface area contributed by atoms with Gasteiger partial charge in [0.1, 0.15) is 0 Å². The van der Waals surface area contributed by atoms with Gasteiger partial charge in [0.15, 0.2) is 23.1 Å². The number of nitrogens with zero attached hydrogens (tertiary/aromatic N) is 5. The molecule has 0 spiro atoms. The number of benzene rings is 2. The summed E-state index contributed by atoms with van der Waals surface area (Å²) >= 11 is 0. The average molecular weight is 629 g/mol. The molecule has 240 valence electrons. The summed E-state index contributed by atoms with van der Waals surface area (Å²) in [6, 6.07) is 8.70. The molecule has 1 fully saturated rings. The number of hydrogen-bond donors (Lipinski definition) is 3. The number of imidazole rings is 1. The Hall–Kier alpha value is -4.68. The Morgan fingerprint density at radius 1 is 1.09 bits per heavy atom. The molecule has 0 saturated carbocycles. The van der Waals surface area contributed by atoms with E-state index in [4.69, 9.17) is 4.74 Å². The van der Waals surface area contributed by atoms with Crippen LogP contribution in [0.1, 0.15) is 41.4 Å². The van der Waals surface area contributed by atoms with Gasteiger partial charge in [0.2, 0.25) is 0 Å². The van der Waals surface area contributed by atoms with E-state index in [1.807, 2.05) is 25.1 Å². The van der Waals surface area contributed by atoms with E-state index in [9.17, 15) is 4.79 Å². The van der Waals surface area contributed by atoms with Gasteiger partial charge in [-0.2, -0.15) is 5.10 Å². The fraction of sp³-hybridized carbons (Fsp3) is 0.353. The largest absolute Gasteiger partial charge is 0.383 e. The van der Waals surface area contributed by atoms with Gasteiger partial charge in [0, 0.05) is 60.2 Å². The summed E-state index contributed by atoms with van der Waals surface area (Å²) in [7, 11) is 1.60. The highest BCUT2D eigenvalue weighted by Crippen LogP contribution is 2.34. The van der Waals surface area contributed by atoms with Crippen molar-refractivity contribution in [1.82, 2.24) is 34.8 Å². The minimum atomic E-state index is -0.976. The third-order valence-electron chi connectivity index (χ3n) is 8.55.